The van der Waals surface area contributed by atoms with E-state index >= 15 is 0 Å². The van der Waals surface area contributed by atoms with Crippen LogP contribution in [0, 0.1) is 5.92 Å². The van der Waals surface area contributed by atoms with Gasteiger partial charge in [0, 0.05) is 30.0 Å². The van der Waals surface area contributed by atoms with Crippen LogP contribution in [0.2, 0.25) is 0 Å². The molecular weight excluding hydrogens is 246 g/mol. The van der Waals surface area contributed by atoms with Gasteiger partial charge in [-0.25, -0.2) is 0 Å². The highest BCUT2D eigenvalue weighted by molar-refractivity contribution is 5.82. The van der Waals surface area contributed by atoms with Crippen molar-refractivity contribution in [2.24, 2.45) is 5.92 Å². The van der Waals surface area contributed by atoms with Crippen LogP contribution in [0.1, 0.15) is 50.9 Å². The summed E-state index contributed by atoms with van der Waals surface area (Å²) in [5.74, 6) is 2.12. The predicted molar refractivity (Wildman–Crippen MR) is 83.9 cm³/mol. The van der Waals surface area contributed by atoms with Gasteiger partial charge in [-0.1, -0.05) is 44.9 Å². The fraction of sp³-hybridized carbons (Fsp3) is 0.556. The predicted octanol–water partition coefficient (Wildman–Crippen LogP) is 4.66. The summed E-state index contributed by atoms with van der Waals surface area (Å²) in [5, 5.41) is 5.03. The Morgan fingerprint density at radius 1 is 1.25 bits per heavy atom. The van der Waals surface area contributed by atoms with E-state index < -0.39 is 0 Å². The Kier molecular flexibility index (Phi) is 4.11. The van der Waals surface area contributed by atoms with Crippen LogP contribution >= 0.6 is 0 Å². The van der Waals surface area contributed by atoms with Crippen LogP contribution in [0.15, 0.2) is 28.7 Å². The summed E-state index contributed by atoms with van der Waals surface area (Å²) >= 11 is 0. The van der Waals surface area contributed by atoms with Crippen LogP contribution in [0.4, 0.5) is 0 Å². The Bertz CT molecular complexity index is 568. The maximum Gasteiger partial charge on any atom is 0.134 e. The summed E-state index contributed by atoms with van der Waals surface area (Å²) in [7, 11) is 0. The average molecular weight is 271 g/mol. The van der Waals surface area contributed by atoms with E-state index in [9.17, 15) is 0 Å². The lowest BCUT2D eigenvalue weighted by molar-refractivity contribution is 0.441. The Morgan fingerprint density at radius 3 is 2.75 bits per heavy atom. The molecule has 1 atom stereocenters. The van der Waals surface area contributed by atoms with E-state index in [0.717, 1.165) is 30.2 Å². The molecule has 1 fully saturated rings. The van der Waals surface area contributed by atoms with E-state index in [1.165, 1.54) is 36.6 Å². The number of benzene rings is 1. The molecule has 20 heavy (non-hydrogen) atoms. The molecule has 1 aromatic carbocycles. The molecule has 2 heteroatoms. The molecule has 0 aliphatic heterocycles. The van der Waals surface area contributed by atoms with Crippen molar-refractivity contribution in [2.75, 3.05) is 0 Å². The second-order valence-electron chi connectivity index (χ2n) is 6.02. The maximum absolute atomic E-state index is 5.97. The van der Waals surface area contributed by atoms with Crippen molar-refractivity contribution in [3.63, 3.8) is 0 Å². The molecule has 1 saturated carbocycles. The lowest BCUT2D eigenvalue weighted by Crippen LogP contribution is -2.28. The minimum atomic E-state index is 0.654. The van der Waals surface area contributed by atoms with Gasteiger partial charge in [-0.05, 0) is 24.8 Å². The van der Waals surface area contributed by atoms with Gasteiger partial charge in [-0.3, -0.25) is 0 Å². The van der Waals surface area contributed by atoms with Crippen LogP contribution in [0.3, 0.4) is 0 Å². The molecule has 1 aliphatic carbocycles. The van der Waals surface area contributed by atoms with Crippen LogP contribution < -0.4 is 5.32 Å². The van der Waals surface area contributed by atoms with Crippen molar-refractivity contribution < 1.29 is 4.42 Å². The zero-order chi connectivity index (χ0) is 13.9. The second-order valence-corrected chi connectivity index (χ2v) is 6.02. The van der Waals surface area contributed by atoms with Crippen molar-refractivity contribution in [3.8, 4) is 0 Å². The third-order valence-corrected chi connectivity index (χ3v) is 4.48. The third kappa shape index (κ3) is 2.90. The normalized spacial score (nSPS) is 16.7. The molecule has 1 N–H and O–H groups in total. The smallest absolute Gasteiger partial charge is 0.134 e. The van der Waals surface area contributed by atoms with E-state index in [1.54, 1.807) is 0 Å². The summed E-state index contributed by atoms with van der Waals surface area (Å²) in [6.07, 6.45) is 6.40. The van der Waals surface area contributed by atoms with Gasteiger partial charge in [-0.2, -0.15) is 0 Å². The first-order valence-electron chi connectivity index (χ1n) is 8.04. The standard InChI is InChI=1S/C18H25NO/c1-3-14(11-13-9-10-13)19-12-16-15-7-5-6-8-18(15)20-17(16)4-2/h5-8,13-14,19H,3-4,9-12H2,1-2H3. The van der Waals surface area contributed by atoms with Crippen LogP contribution in [-0.2, 0) is 13.0 Å². The summed E-state index contributed by atoms with van der Waals surface area (Å²) in [4.78, 5) is 0. The van der Waals surface area contributed by atoms with Gasteiger partial charge in [0.1, 0.15) is 11.3 Å². The van der Waals surface area contributed by atoms with Crippen molar-refractivity contribution in [1.82, 2.24) is 5.32 Å². The number of furan rings is 1. The monoisotopic (exact) mass is 271 g/mol. The van der Waals surface area contributed by atoms with Gasteiger partial charge in [-0.15, -0.1) is 0 Å². The van der Waals surface area contributed by atoms with Crippen molar-refractivity contribution in [3.05, 3.63) is 35.6 Å². The fourth-order valence-electron chi connectivity index (χ4n) is 3.03. The Labute approximate surface area is 121 Å². The Balaban J connectivity index is 1.74. The minimum Gasteiger partial charge on any atom is -0.461 e. The average Bonchev–Trinajstić information content (AvgIpc) is 3.23. The number of hydrogen-bond donors (Lipinski definition) is 1. The van der Waals surface area contributed by atoms with Crippen LogP contribution in [-0.4, -0.2) is 6.04 Å². The highest BCUT2D eigenvalue weighted by atomic mass is 16.3. The van der Waals surface area contributed by atoms with Gasteiger partial charge in [0.25, 0.3) is 0 Å². The highest BCUT2D eigenvalue weighted by Crippen LogP contribution is 2.34. The van der Waals surface area contributed by atoms with Crippen LogP contribution in [0.25, 0.3) is 11.0 Å². The molecular formula is C18H25NO. The zero-order valence-corrected chi connectivity index (χ0v) is 12.6. The summed E-state index contributed by atoms with van der Waals surface area (Å²) in [6, 6.07) is 9.05. The molecule has 0 amide bonds. The lowest BCUT2D eigenvalue weighted by Gasteiger charge is -2.16. The number of hydrogen-bond acceptors (Lipinski definition) is 2. The van der Waals surface area contributed by atoms with E-state index in [4.69, 9.17) is 4.42 Å². The van der Waals surface area contributed by atoms with Gasteiger partial charge in [0.05, 0.1) is 0 Å². The molecule has 0 saturated heterocycles. The number of rotatable bonds is 7. The summed E-state index contributed by atoms with van der Waals surface area (Å²) < 4.78 is 5.97. The summed E-state index contributed by atoms with van der Waals surface area (Å²) in [5.41, 5.74) is 2.38. The first-order valence-corrected chi connectivity index (χ1v) is 8.04. The molecule has 0 bridgehead atoms. The van der Waals surface area contributed by atoms with Gasteiger partial charge >= 0.3 is 0 Å². The Morgan fingerprint density at radius 2 is 2.05 bits per heavy atom. The zero-order valence-electron chi connectivity index (χ0n) is 12.6. The molecule has 2 nitrogen and oxygen atoms in total. The van der Waals surface area contributed by atoms with Crippen molar-refractivity contribution in [2.45, 2.75) is 58.5 Å². The number of nitrogens with one attached hydrogen (secondary N) is 1. The van der Waals surface area contributed by atoms with E-state index in [0.29, 0.717) is 6.04 Å². The van der Waals surface area contributed by atoms with E-state index in [2.05, 4.69) is 37.4 Å². The molecule has 0 radical (unpaired) electrons. The molecule has 1 aromatic heterocycles. The van der Waals surface area contributed by atoms with Crippen molar-refractivity contribution >= 4 is 11.0 Å². The first-order chi connectivity index (χ1) is 9.81. The number of aryl methyl sites for hydroxylation is 1. The highest BCUT2D eigenvalue weighted by Gasteiger charge is 2.24. The molecule has 2 aromatic rings. The van der Waals surface area contributed by atoms with Gasteiger partial charge < -0.3 is 9.73 Å². The topological polar surface area (TPSA) is 25.2 Å². The molecule has 1 aliphatic rings. The minimum absolute atomic E-state index is 0.654. The van der Waals surface area contributed by atoms with Crippen LogP contribution in [0.5, 0.6) is 0 Å². The number of para-hydroxylation sites is 1. The van der Waals surface area contributed by atoms with Gasteiger partial charge in [0.2, 0.25) is 0 Å². The molecule has 1 unspecified atom stereocenters. The Hall–Kier alpha value is -1.28. The number of fused-ring (bicyclic) bond motifs is 1. The van der Waals surface area contributed by atoms with E-state index in [-0.39, 0.29) is 0 Å². The van der Waals surface area contributed by atoms with Crippen molar-refractivity contribution in [1.29, 1.82) is 0 Å². The molecule has 1 heterocycles. The SMILES string of the molecule is CCc1oc2ccccc2c1CNC(CC)CC1CC1. The van der Waals surface area contributed by atoms with Gasteiger partial charge in [0.15, 0.2) is 0 Å². The molecule has 108 valence electrons. The summed E-state index contributed by atoms with van der Waals surface area (Å²) in [6.45, 7) is 5.39. The molecule has 3 rings (SSSR count). The third-order valence-electron chi connectivity index (χ3n) is 4.48. The first kappa shape index (κ1) is 13.7. The largest absolute Gasteiger partial charge is 0.461 e. The molecule has 0 spiro atoms. The second kappa shape index (κ2) is 6.01. The fourth-order valence-corrected chi connectivity index (χ4v) is 3.03. The lowest BCUT2D eigenvalue weighted by atomic mass is 10.1. The quantitative estimate of drug-likeness (QED) is 0.792. The maximum atomic E-state index is 5.97. The van der Waals surface area contributed by atoms with E-state index in [1.807, 2.05) is 6.07 Å².